The van der Waals surface area contributed by atoms with Crippen molar-refractivity contribution in [2.45, 2.75) is 66.5 Å². The summed E-state index contributed by atoms with van der Waals surface area (Å²) in [5.74, 6) is 1.68. The van der Waals surface area contributed by atoms with Crippen molar-refractivity contribution in [3.8, 4) is 5.75 Å². The van der Waals surface area contributed by atoms with Gasteiger partial charge in [-0.15, -0.1) is 0 Å². The van der Waals surface area contributed by atoms with Crippen LogP contribution in [0.2, 0.25) is 0 Å². The van der Waals surface area contributed by atoms with Crippen LogP contribution >= 0.6 is 15.9 Å². The van der Waals surface area contributed by atoms with Crippen LogP contribution in [0.1, 0.15) is 58.6 Å². The summed E-state index contributed by atoms with van der Waals surface area (Å²) in [6, 6.07) is 4.29. The summed E-state index contributed by atoms with van der Waals surface area (Å²) >= 11 is 3.59. The topological polar surface area (TPSA) is 21.3 Å². The van der Waals surface area contributed by atoms with Crippen molar-refractivity contribution in [1.82, 2.24) is 5.32 Å². The first-order chi connectivity index (χ1) is 9.76. The summed E-state index contributed by atoms with van der Waals surface area (Å²) < 4.78 is 7.28. The van der Waals surface area contributed by atoms with Crippen molar-refractivity contribution in [3.63, 3.8) is 0 Å². The molecule has 1 aromatic rings. The minimum Gasteiger partial charge on any atom is -0.493 e. The molecule has 0 amide bonds. The fourth-order valence-corrected chi connectivity index (χ4v) is 2.84. The number of rotatable bonds is 7. The Morgan fingerprint density at radius 1 is 1.19 bits per heavy atom. The molecule has 0 saturated heterocycles. The van der Waals surface area contributed by atoms with Gasteiger partial charge in [0.25, 0.3) is 0 Å². The van der Waals surface area contributed by atoms with E-state index in [2.05, 4.69) is 74.9 Å². The first-order valence-electron chi connectivity index (χ1n) is 7.93. The molecule has 0 fully saturated rings. The first kappa shape index (κ1) is 18.5. The predicted octanol–water partition coefficient (Wildman–Crippen LogP) is 5.46. The molecule has 3 heteroatoms. The summed E-state index contributed by atoms with van der Waals surface area (Å²) in [5, 5.41) is 3.55. The quantitative estimate of drug-likeness (QED) is 0.700. The fraction of sp³-hybridized carbons (Fsp3) is 0.667. The van der Waals surface area contributed by atoms with Gasteiger partial charge in [-0.05, 0) is 51.3 Å². The lowest BCUT2D eigenvalue weighted by atomic mass is 10.0. The zero-order chi connectivity index (χ0) is 16.0. The third-order valence-electron chi connectivity index (χ3n) is 3.74. The Balaban J connectivity index is 2.89. The molecule has 21 heavy (non-hydrogen) atoms. The number of halogens is 1. The molecule has 1 rings (SSSR count). The van der Waals surface area contributed by atoms with E-state index >= 15 is 0 Å². The van der Waals surface area contributed by atoms with E-state index in [4.69, 9.17) is 4.74 Å². The van der Waals surface area contributed by atoms with Gasteiger partial charge in [0.15, 0.2) is 0 Å². The molecule has 0 heterocycles. The smallest absolute Gasteiger partial charge is 0.126 e. The lowest BCUT2D eigenvalue weighted by Crippen LogP contribution is -2.35. The van der Waals surface area contributed by atoms with Crippen molar-refractivity contribution >= 4 is 15.9 Å². The molecular weight excluding hydrogens is 326 g/mol. The van der Waals surface area contributed by atoms with Crippen LogP contribution in [0.3, 0.4) is 0 Å². The maximum absolute atomic E-state index is 6.17. The number of aryl methyl sites for hydroxylation is 1. The predicted molar refractivity (Wildman–Crippen MR) is 95.0 cm³/mol. The van der Waals surface area contributed by atoms with E-state index in [0.29, 0.717) is 5.92 Å². The summed E-state index contributed by atoms with van der Waals surface area (Å²) in [6.07, 6.45) is 2.34. The van der Waals surface area contributed by atoms with Crippen LogP contribution in [0.5, 0.6) is 5.75 Å². The molecule has 2 nitrogen and oxygen atoms in total. The molecule has 0 radical (unpaired) electrons. The van der Waals surface area contributed by atoms with Gasteiger partial charge in [0.2, 0.25) is 0 Å². The maximum Gasteiger partial charge on any atom is 0.126 e. The van der Waals surface area contributed by atoms with E-state index in [-0.39, 0.29) is 5.54 Å². The third kappa shape index (κ3) is 6.39. The van der Waals surface area contributed by atoms with Gasteiger partial charge in [-0.2, -0.15) is 0 Å². The van der Waals surface area contributed by atoms with Crippen molar-refractivity contribution in [2.75, 3.05) is 6.61 Å². The maximum atomic E-state index is 6.17. The van der Waals surface area contributed by atoms with E-state index in [0.717, 1.165) is 23.4 Å². The molecule has 0 aliphatic heterocycles. The standard InChI is InChI=1S/C18H30BrNO/c1-7-14(8-2)12-21-17-13(3)9-16(19)10-15(17)11-20-18(4,5)6/h9-10,14,20H,7-8,11-12H2,1-6H3. The lowest BCUT2D eigenvalue weighted by molar-refractivity contribution is 0.236. The van der Waals surface area contributed by atoms with E-state index in [1.54, 1.807) is 0 Å². The summed E-state index contributed by atoms with van der Waals surface area (Å²) in [7, 11) is 0. The molecule has 1 N–H and O–H groups in total. The van der Waals surface area contributed by atoms with Crippen LogP contribution in [0.15, 0.2) is 16.6 Å². The first-order valence-corrected chi connectivity index (χ1v) is 8.73. The Hall–Kier alpha value is -0.540. The van der Waals surface area contributed by atoms with E-state index in [1.807, 2.05) is 0 Å². The van der Waals surface area contributed by atoms with Crippen LogP contribution in [0.25, 0.3) is 0 Å². The lowest BCUT2D eigenvalue weighted by Gasteiger charge is -2.23. The van der Waals surface area contributed by atoms with Gasteiger partial charge in [0, 0.05) is 22.1 Å². The average molecular weight is 356 g/mol. The Bertz CT molecular complexity index is 447. The highest BCUT2D eigenvalue weighted by molar-refractivity contribution is 9.10. The normalized spacial score (nSPS) is 12.0. The minimum atomic E-state index is 0.100. The van der Waals surface area contributed by atoms with Crippen LogP contribution in [-0.2, 0) is 6.54 Å². The Morgan fingerprint density at radius 2 is 1.81 bits per heavy atom. The summed E-state index contributed by atoms with van der Waals surface area (Å²) in [6.45, 7) is 14.8. The molecule has 120 valence electrons. The summed E-state index contributed by atoms with van der Waals surface area (Å²) in [5.41, 5.74) is 2.52. The molecule has 0 unspecified atom stereocenters. The molecule has 0 saturated carbocycles. The van der Waals surface area contributed by atoms with Gasteiger partial charge in [0.1, 0.15) is 5.75 Å². The molecule has 0 spiro atoms. The van der Waals surface area contributed by atoms with Crippen LogP contribution in [0, 0.1) is 12.8 Å². The van der Waals surface area contributed by atoms with Crippen LogP contribution in [-0.4, -0.2) is 12.1 Å². The number of ether oxygens (including phenoxy) is 1. The highest BCUT2D eigenvalue weighted by atomic mass is 79.9. The fourth-order valence-electron chi connectivity index (χ4n) is 2.22. The molecule has 0 aromatic heterocycles. The molecule has 1 aromatic carbocycles. The number of hydrogen-bond acceptors (Lipinski definition) is 2. The second-order valence-electron chi connectivity index (χ2n) is 6.81. The Labute approximate surface area is 138 Å². The second-order valence-corrected chi connectivity index (χ2v) is 7.72. The largest absolute Gasteiger partial charge is 0.493 e. The monoisotopic (exact) mass is 355 g/mol. The second kappa shape index (κ2) is 8.19. The number of hydrogen-bond donors (Lipinski definition) is 1. The van der Waals surface area contributed by atoms with Crippen LogP contribution in [0.4, 0.5) is 0 Å². The SMILES string of the molecule is CCC(CC)COc1c(C)cc(Br)cc1CNC(C)(C)C. The van der Waals surface area contributed by atoms with Gasteiger partial charge < -0.3 is 10.1 Å². The van der Waals surface area contributed by atoms with Crippen molar-refractivity contribution in [2.24, 2.45) is 5.92 Å². The highest BCUT2D eigenvalue weighted by Crippen LogP contribution is 2.29. The van der Waals surface area contributed by atoms with Crippen LogP contribution < -0.4 is 10.1 Å². The average Bonchev–Trinajstić information content (AvgIpc) is 2.38. The van der Waals surface area contributed by atoms with E-state index in [9.17, 15) is 0 Å². The minimum absolute atomic E-state index is 0.100. The highest BCUT2D eigenvalue weighted by Gasteiger charge is 2.14. The molecular formula is C18H30BrNO. The van der Waals surface area contributed by atoms with Crippen molar-refractivity contribution in [3.05, 3.63) is 27.7 Å². The zero-order valence-corrected chi connectivity index (χ0v) is 15.9. The van der Waals surface area contributed by atoms with Gasteiger partial charge in [-0.25, -0.2) is 0 Å². The van der Waals surface area contributed by atoms with Crippen molar-refractivity contribution in [1.29, 1.82) is 0 Å². The van der Waals surface area contributed by atoms with E-state index < -0.39 is 0 Å². The Kier molecular flexibility index (Phi) is 7.22. The zero-order valence-electron chi connectivity index (χ0n) is 14.3. The van der Waals surface area contributed by atoms with Gasteiger partial charge in [-0.1, -0.05) is 42.6 Å². The number of nitrogens with one attached hydrogen (secondary N) is 1. The third-order valence-corrected chi connectivity index (χ3v) is 4.20. The van der Waals surface area contributed by atoms with Gasteiger partial charge >= 0.3 is 0 Å². The van der Waals surface area contributed by atoms with E-state index in [1.165, 1.54) is 24.0 Å². The molecule has 0 aliphatic rings. The summed E-state index contributed by atoms with van der Waals surface area (Å²) in [4.78, 5) is 0. The molecule has 0 aliphatic carbocycles. The number of benzene rings is 1. The van der Waals surface area contributed by atoms with Gasteiger partial charge in [-0.3, -0.25) is 0 Å². The molecule has 0 bridgehead atoms. The Morgan fingerprint density at radius 3 is 2.33 bits per heavy atom. The molecule has 0 atom stereocenters. The van der Waals surface area contributed by atoms with Gasteiger partial charge in [0.05, 0.1) is 6.61 Å². The van der Waals surface area contributed by atoms with Crippen molar-refractivity contribution < 1.29 is 4.74 Å².